The number of methoxy groups -OCH3 is 1. The number of hydrogen-bond acceptors (Lipinski definition) is 2. The first-order valence-corrected chi connectivity index (χ1v) is 7.74. The quantitative estimate of drug-likeness (QED) is 0.779. The lowest BCUT2D eigenvalue weighted by molar-refractivity contribution is -0.119. The van der Waals surface area contributed by atoms with Crippen LogP contribution in [0.2, 0.25) is 0 Å². The zero-order chi connectivity index (χ0) is 14.5. The van der Waals surface area contributed by atoms with Gasteiger partial charge in [0.2, 0.25) is 5.91 Å². The van der Waals surface area contributed by atoms with Crippen molar-refractivity contribution in [2.45, 2.75) is 36.8 Å². The van der Waals surface area contributed by atoms with Gasteiger partial charge in [0.25, 0.3) is 0 Å². The molecule has 0 spiro atoms. The Balaban J connectivity index is 2.29. The highest BCUT2D eigenvalue weighted by atomic mass is 35.5. The van der Waals surface area contributed by atoms with E-state index in [1.807, 2.05) is 30.3 Å². The first kappa shape index (κ1) is 15.6. The number of para-hydroxylation sites is 1. The summed E-state index contributed by atoms with van der Waals surface area (Å²) in [6.07, 6.45) is 1.79. The van der Waals surface area contributed by atoms with Gasteiger partial charge in [0.1, 0.15) is 0 Å². The molecule has 3 unspecified atom stereocenters. The Labute approximate surface area is 129 Å². The third kappa shape index (κ3) is 3.46. The highest BCUT2D eigenvalue weighted by Gasteiger charge is 2.39. The van der Waals surface area contributed by atoms with Gasteiger partial charge in [-0.1, -0.05) is 18.2 Å². The van der Waals surface area contributed by atoms with E-state index in [0.29, 0.717) is 12.3 Å². The van der Waals surface area contributed by atoms with E-state index in [2.05, 4.69) is 0 Å². The van der Waals surface area contributed by atoms with Crippen LogP contribution < -0.4 is 4.90 Å². The van der Waals surface area contributed by atoms with Crippen molar-refractivity contribution in [1.82, 2.24) is 0 Å². The van der Waals surface area contributed by atoms with Gasteiger partial charge < -0.3 is 9.64 Å². The molecule has 0 aliphatic heterocycles. The summed E-state index contributed by atoms with van der Waals surface area (Å²) in [7, 11) is 1.67. The number of rotatable bonds is 5. The molecule has 1 aromatic rings. The smallest absolute Gasteiger partial charge is 0.228 e. The Kier molecular flexibility index (Phi) is 5.70. The molecule has 0 bridgehead atoms. The summed E-state index contributed by atoms with van der Waals surface area (Å²) >= 11 is 12.0. The van der Waals surface area contributed by atoms with Crippen LogP contribution in [-0.2, 0) is 9.53 Å². The number of ether oxygens (including phenoxy) is 1. The van der Waals surface area contributed by atoms with E-state index >= 15 is 0 Å². The van der Waals surface area contributed by atoms with Crippen LogP contribution in [0.1, 0.15) is 19.3 Å². The third-order valence-corrected chi connectivity index (χ3v) is 4.21. The van der Waals surface area contributed by atoms with Crippen LogP contribution in [0.4, 0.5) is 5.69 Å². The fourth-order valence-corrected chi connectivity index (χ4v) is 3.27. The van der Waals surface area contributed by atoms with Gasteiger partial charge in [0.05, 0.1) is 12.1 Å². The van der Waals surface area contributed by atoms with Gasteiger partial charge in [-0.2, -0.15) is 0 Å². The largest absolute Gasteiger partial charge is 0.379 e. The van der Waals surface area contributed by atoms with Gasteiger partial charge in [0, 0.05) is 30.5 Å². The predicted molar refractivity (Wildman–Crippen MR) is 82.7 cm³/mol. The number of carbonyl (C=O) groups is 1. The van der Waals surface area contributed by atoms with Crippen molar-refractivity contribution in [1.29, 1.82) is 0 Å². The molecule has 1 saturated carbocycles. The average Bonchev–Trinajstić information content (AvgIpc) is 2.81. The lowest BCUT2D eigenvalue weighted by Crippen LogP contribution is -2.45. The van der Waals surface area contributed by atoms with E-state index in [9.17, 15) is 4.79 Å². The number of amides is 1. The lowest BCUT2D eigenvalue weighted by Gasteiger charge is -2.32. The molecule has 0 aromatic heterocycles. The minimum absolute atomic E-state index is 0.0176. The number of halogens is 2. The Morgan fingerprint density at radius 3 is 2.65 bits per heavy atom. The van der Waals surface area contributed by atoms with E-state index in [4.69, 9.17) is 27.9 Å². The molecule has 1 aliphatic rings. The van der Waals surface area contributed by atoms with Crippen molar-refractivity contribution in [2.75, 3.05) is 17.9 Å². The molecule has 5 heteroatoms. The maximum Gasteiger partial charge on any atom is 0.228 e. The summed E-state index contributed by atoms with van der Waals surface area (Å²) in [5.74, 6) is 0.334. The van der Waals surface area contributed by atoms with E-state index in [1.54, 1.807) is 12.0 Å². The number of benzene rings is 1. The number of carbonyl (C=O) groups excluding carboxylic acids is 1. The summed E-state index contributed by atoms with van der Waals surface area (Å²) in [4.78, 5) is 14.2. The first-order chi connectivity index (χ1) is 9.67. The Bertz CT molecular complexity index is 441. The van der Waals surface area contributed by atoms with E-state index < -0.39 is 0 Å². The van der Waals surface area contributed by atoms with Crippen molar-refractivity contribution in [3.8, 4) is 0 Å². The van der Waals surface area contributed by atoms with Crippen molar-refractivity contribution in [2.24, 2.45) is 0 Å². The lowest BCUT2D eigenvalue weighted by atomic mass is 10.1. The van der Waals surface area contributed by atoms with Crippen LogP contribution in [0.5, 0.6) is 0 Å². The van der Waals surface area contributed by atoms with Crippen LogP contribution >= 0.6 is 23.2 Å². The summed E-state index contributed by atoms with van der Waals surface area (Å²) < 4.78 is 5.51. The SMILES string of the molecule is COC1CC(Cl)CC1N(C(=O)CCCl)c1ccccc1. The van der Waals surface area contributed by atoms with Gasteiger partial charge in [-0.15, -0.1) is 23.2 Å². The molecule has 0 radical (unpaired) electrons. The van der Waals surface area contributed by atoms with Crippen molar-refractivity contribution in [3.63, 3.8) is 0 Å². The Hall–Kier alpha value is -0.770. The zero-order valence-electron chi connectivity index (χ0n) is 11.5. The van der Waals surface area contributed by atoms with Crippen molar-refractivity contribution in [3.05, 3.63) is 30.3 Å². The molecular weight excluding hydrogens is 297 g/mol. The molecule has 1 amide bonds. The van der Waals surface area contributed by atoms with Gasteiger partial charge in [-0.25, -0.2) is 0 Å². The second-order valence-corrected chi connectivity index (χ2v) is 5.94. The molecule has 0 saturated heterocycles. The standard InChI is InChI=1S/C15H19Cl2NO2/c1-20-14-10-11(17)9-13(14)18(15(19)7-8-16)12-5-3-2-4-6-12/h2-6,11,13-14H,7-10H2,1H3. The topological polar surface area (TPSA) is 29.5 Å². The molecule has 3 atom stereocenters. The summed E-state index contributed by atoms with van der Waals surface area (Å²) in [6, 6.07) is 9.61. The minimum Gasteiger partial charge on any atom is -0.379 e. The predicted octanol–water partition coefficient (Wildman–Crippen LogP) is 3.43. The van der Waals surface area contributed by atoms with Crippen LogP contribution in [0, 0.1) is 0 Å². The normalized spacial score (nSPS) is 25.6. The van der Waals surface area contributed by atoms with Crippen LogP contribution in [0.3, 0.4) is 0 Å². The van der Waals surface area contributed by atoms with Gasteiger partial charge in [-0.3, -0.25) is 4.79 Å². The number of hydrogen-bond donors (Lipinski definition) is 0. The first-order valence-electron chi connectivity index (χ1n) is 6.77. The second kappa shape index (κ2) is 7.30. The van der Waals surface area contributed by atoms with E-state index in [0.717, 1.165) is 18.5 Å². The van der Waals surface area contributed by atoms with Crippen LogP contribution in [-0.4, -0.2) is 36.4 Å². The molecule has 20 heavy (non-hydrogen) atoms. The molecule has 2 rings (SSSR count). The molecule has 0 heterocycles. The fraction of sp³-hybridized carbons (Fsp3) is 0.533. The molecule has 1 aromatic carbocycles. The van der Waals surface area contributed by atoms with E-state index in [-0.39, 0.29) is 23.4 Å². The fourth-order valence-electron chi connectivity index (χ4n) is 2.75. The summed E-state index contributed by atoms with van der Waals surface area (Å²) in [6.45, 7) is 0. The van der Waals surface area contributed by atoms with Crippen molar-refractivity contribution >= 4 is 34.8 Å². The van der Waals surface area contributed by atoms with Crippen LogP contribution in [0.15, 0.2) is 30.3 Å². The molecular formula is C15H19Cl2NO2. The van der Waals surface area contributed by atoms with Gasteiger partial charge in [0.15, 0.2) is 0 Å². The summed E-state index contributed by atoms with van der Waals surface area (Å²) in [5, 5.41) is 0.0416. The Morgan fingerprint density at radius 1 is 1.35 bits per heavy atom. The molecule has 1 aliphatic carbocycles. The Morgan fingerprint density at radius 2 is 2.05 bits per heavy atom. The third-order valence-electron chi connectivity index (χ3n) is 3.66. The maximum atomic E-state index is 12.4. The van der Waals surface area contributed by atoms with E-state index in [1.165, 1.54) is 0 Å². The van der Waals surface area contributed by atoms with Crippen LogP contribution in [0.25, 0.3) is 0 Å². The van der Waals surface area contributed by atoms with Gasteiger partial charge in [-0.05, 0) is 25.0 Å². The summed E-state index contributed by atoms with van der Waals surface area (Å²) in [5.41, 5.74) is 0.875. The van der Waals surface area contributed by atoms with Gasteiger partial charge >= 0.3 is 0 Å². The highest BCUT2D eigenvalue weighted by Crippen LogP contribution is 2.33. The molecule has 0 N–H and O–H groups in total. The van der Waals surface area contributed by atoms with Crippen molar-refractivity contribution < 1.29 is 9.53 Å². The zero-order valence-corrected chi connectivity index (χ0v) is 13.0. The number of alkyl halides is 2. The second-order valence-electron chi connectivity index (χ2n) is 4.95. The minimum atomic E-state index is -0.0306. The monoisotopic (exact) mass is 315 g/mol. The average molecular weight is 316 g/mol. The number of nitrogens with zero attached hydrogens (tertiary/aromatic N) is 1. The highest BCUT2D eigenvalue weighted by molar-refractivity contribution is 6.21. The molecule has 3 nitrogen and oxygen atoms in total. The maximum absolute atomic E-state index is 12.4. The molecule has 110 valence electrons. The molecule has 1 fully saturated rings. The number of anilines is 1.